The molecule has 0 amide bonds. The Morgan fingerprint density at radius 1 is 1.35 bits per heavy atom. The second-order valence-electron chi connectivity index (χ2n) is 5.46. The van der Waals surface area contributed by atoms with Crippen molar-refractivity contribution in [2.24, 2.45) is 5.92 Å². The summed E-state index contributed by atoms with van der Waals surface area (Å²) in [5, 5.41) is 3.25. The maximum absolute atomic E-state index is 12.4. The molecule has 2 rings (SSSR count). The van der Waals surface area contributed by atoms with Gasteiger partial charge in [-0.1, -0.05) is 20.3 Å². The molecule has 114 valence electrons. The molecule has 2 N–H and O–H groups in total. The van der Waals surface area contributed by atoms with Crippen LogP contribution in [0.4, 0.5) is 0 Å². The van der Waals surface area contributed by atoms with E-state index in [4.69, 9.17) is 0 Å². The smallest absolute Gasteiger partial charge is 0.250 e. The first-order valence-corrected chi connectivity index (χ1v) is 9.64. The van der Waals surface area contributed by atoms with Crippen LogP contribution in [-0.2, 0) is 16.4 Å². The van der Waals surface area contributed by atoms with E-state index in [9.17, 15) is 8.42 Å². The van der Waals surface area contributed by atoms with E-state index < -0.39 is 10.0 Å². The Bertz CT molecular complexity index is 525. The fourth-order valence-electron chi connectivity index (χ4n) is 2.60. The molecule has 1 aromatic rings. The normalized spacial score (nSPS) is 23.3. The highest BCUT2D eigenvalue weighted by Crippen LogP contribution is 2.28. The van der Waals surface area contributed by atoms with Crippen molar-refractivity contribution in [3.63, 3.8) is 0 Å². The van der Waals surface area contributed by atoms with Crippen LogP contribution in [0.2, 0.25) is 0 Å². The van der Waals surface area contributed by atoms with Crippen LogP contribution in [0.15, 0.2) is 16.3 Å². The van der Waals surface area contributed by atoms with Crippen molar-refractivity contribution in [1.82, 2.24) is 10.0 Å². The molecule has 4 nitrogen and oxygen atoms in total. The molecule has 20 heavy (non-hydrogen) atoms. The number of thiophene rings is 1. The van der Waals surface area contributed by atoms with E-state index in [2.05, 4.69) is 23.9 Å². The lowest BCUT2D eigenvalue weighted by Crippen LogP contribution is -2.35. The molecular formula is C14H24N2O2S2. The van der Waals surface area contributed by atoms with Crippen molar-refractivity contribution in [2.75, 3.05) is 13.1 Å². The number of nitrogens with one attached hydrogen (secondary N) is 2. The molecule has 0 saturated heterocycles. The number of rotatable bonds is 7. The molecule has 1 saturated carbocycles. The summed E-state index contributed by atoms with van der Waals surface area (Å²) in [7, 11) is -3.34. The lowest BCUT2D eigenvalue weighted by molar-refractivity contribution is 0.477. The second kappa shape index (κ2) is 7.02. The van der Waals surface area contributed by atoms with Crippen LogP contribution >= 0.6 is 11.3 Å². The molecular weight excluding hydrogens is 292 g/mol. The van der Waals surface area contributed by atoms with Crippen LogP contribution in [0.3, 0.4) is 0 Å². The lowest BCUT2D eigenvalue weighted by atomic mass is 10.1. The molecule has 1 fully saturated rings. The molecule has 1 aliphatic carbocycles. The summed E-state index contributed by atoms with van der Waals surface area (Å²) in [6.07, 6.45) is 4.07. The largest absolute Gasteiger partial charge is 0.317 e. The van der Waals surface area contributed by atoms with Crippen molar-refractivity contribution in [3.8, 4) is 0 Å². The third kappa shape index (κ3) is 4.04. The summed E-state index contributed by atoms with van der Waals surface area (Å²) >= 11 is 1.38. The molecule has 0 bridgehead atoms. The Morgan fingerprint density at radius 3 is 2.80 bits per heavy atom. The van der Waals surface area contributed by atoms with Gasteiger partial charge in [0.05, 0.1) is 0 Å². The van der Waals surface area contributed by atoms with Gasteiger partial charge < -0.3 is 5.32 Å². The van der Waals surface area contributed by atoms with Crippen molar-refractivity contribution in [2.45, 2.75) is 49.8 Å². The van der Waals surface area contributed by atoms with E-state index >= 15 is 0 Å². The topological polar surface area (TPSA) is 58.2 Å². The van der Waals surface area contributed by atoms with Crippen molar-refractivity contribution in [1.29, 1.82) is 0 Å². The Morgan fingerprint density at radius 2 is 2.15 bits per heavy atom. The van der Waals surface area contributed by atoms with Gasteiger partial charge in [0.1, 0.15) is 4.21 Å². The minimum atomic E-state index is -3.34. The van der Waals surface area contributed by atoms with Gasteiger partial charge in [-0.05, 0) is 50.4 Å². The fourth-order valence-corrected chi connectivity index (χ4v) is 5.35. The van der Waals surface area contributed by atoms with Crippen LogP contribution in [0.1, 0.15) is 38.0 Å². The van der Waals surface area contributed by atoms with E-state index in [0.717, 1.165) is 43.6 Å². The van der Waals surface area contributed by atoms with Crippen LogP contribution < -0.4 is 10.0 Å². The van der Waals surface area contributed by atoms with Crippen LogP contribution in [0.25, 0.3) is 0 Å². The molecule has 1 aliphatic rings. The monoisotopic (exact) mass is 316 g/mol. The second-order valence-corrected chi connectivity index (χ2v) is 8.57. The molecule has 6 heteroatoms. The summed E-state index contributed by atoms with van der Waals surface area (Å²) in [5.74, 6) is 0.443. The zero-order valence-corrected chi connectivity index (χ0v) is 13.8. The fraction of sp³-hybridized carbons (Fsp3) is 0.714. The first kappa shape index (κ1) is 15.9. The molecule has 1 aromatic heterocycles. The van der Waals surface area contributed by atoms with Crippen LogP contribution in [0.5, 0.6) is 0 Å². The Balaban J connectivity index is 1.98. The highest BCUT2D eigenvalue weighted by Gasteiger charge is 2.28. The molecule has 2 atom stereocenters. The average molecular weight is 316 g/mol. The van der Waals surface area contributed by atoms with Gasteiger partial charge in [-0.2, -0.15) is 0 Å². The van der Waals surface area contributed by atoms with Gasteiger partial charge in [-0.15, -0.1) is 11.3 Å². The van der Waals surface area contributed by atoms with Crippen molar-refractivity contribution in [3.05, 3.63) is 17.0 Å². The third-order valence-electron chi connectivity index (χ3n) is 3.87. The van der Waals surface area contributed by atoms with Crippen LogP contribution in [-0.4, -0.2) is 27.5 Å². The molecule has 0 aromatic carbocycles. The quantitative estimate of drug-likeness (QED) is 0.759. The van der Waals surface area contributed by atoms with Gasteiger partial charge in [-0.25, -0.2) is 13.1 Å². The maximum atomic E-state index is 12.4. The lowest BCUT2D eigenvalue weighted by Gasteiger charge is -2.16. The van der Waals surface area contributed by atoms with Gasteiger partial charge in [0, 0.05) is 10.9 Å². The first-order valence-electron chi connectivity index (χ1n) is 7.34. The number of hydrogen-bond donors (Lipinski definition) is 2. The Labute approximate surface area is 126 Å². The molecule has 0 aliphatic heterocycles. The minimum Gasteiger partial charge on any atom is -0.317 e. The van der Waals surface area contributed by atoms with Gasteiger partial charge in [-0.3, -0.25) is 0 Å². The predicted octanol–water partition coefficient (Wildman–Crippen LogP) is 2.37. The van der Waals surface area contributed by atoms with Gasteiger partial charge >= 0.3 is 0 Å². The third-order valence-corrected chi connectivity index (χ3v) is 6.99. The predicted molar refractivity (Wildman–Crippen MR) is 83.7 cm³/mol. The minimum absolute atomic E-state index is 0.104. The van der Waals surface area contributed by atoms with Gasteiger partial charge in [0.15, 0.2) is 0 Å². The molecule has 2 unspecified atom stereocenters. The van der Waals surface area contributed by atoms with Gasteiger partial charge in [0.25, 0.3) is 0 Å². The maximum Gasteiger partial charge on any atom is 0.250 e. The number of likely N-dealkylation sites (N-methyl/N-ethyl adjacent to an activating group) is 1. The van der Waals surface area contributed by atoms with E-state index in [1.807, 2.05) is 6.07 Å². The van der Waals surface area contributed by atoms with Crippen LogP contribution in [0, 0.1) is 5.92 Å². The summed E-state index contributed by atoms with van der Waals surface area (Å²) in [5.41, 5.74) is 0. The molecule has 0 radical (unpaired) electrons. The average Bonchev–Trinajstić information content (AvgIpc) is 3.00. The SMILES string of the molecule is CCNCCc1ccc(S(=O)(=O)NC2CCCC2C)s1. The summed E-state index contributed by atoms with van der Waals surface area (Å²) in [4.78, 5) is 1.12. The van der Waals surface area contributed by atoms with E-state index in [1.54, 1.807) is 6.07 Å². The van der Waals surface area contributed by atoms with E-state index in [1.165, 1.54) is 11.3 Å². The summed E-state index contributed by atoms with van der Waals surface area (Å²) in [6.45, 7) is 6.02. The zero-order chi connectivity index (χ0) is 14.6. The van der Waals surface area contributed by atoms with Crippen molar-refractivity contribution >= 4 is 21.4 Å². The Hall–Kier alpha value is -0.430. The van der Waals surface area contributed by atoms with E-state index in [-0.39, 0.29) is 6.04 Å². The van der Waals surface area contributed by atoms with Gasteiger partial charge in [0.2, 0.25) is 10.0 Å². The summed E-state index contributed by atoms with van der Waals surface area (Å²) in [6, 6.07) is 3.76. The Kier molecular flexibility index (Phi) is 5.60. The first-order chi connectivity index (χ1) is 9.53. The van der Waals surface area contributed by atoms with E-state index in [0.29, 0.717) is 10.1 Å². The molecule has 1 heterocycles. The number of hydrogen-bond acceptors (Lipinski definition) is 4. The standard InChI is InChI=1S/C14H24N2O2S2/c1-3-15-10-9-12-7-8-14(19-12)20(17,18)16-13-6-4-5-11(13)2/h7-8,11,13,15-16H,3-6,9-10H2,1-2H3. The van der Waals surface area contributed by atoms with Crippen molar-refractivity contribution < 1.29 is 8.42 Å². The highest BCUT2D eigenvalue weighted by molar-refractivity contribution is 7.91. The summed E-state index contributed by atoms with van der Waals surface area (Å²) < 4.78 is 28.0. The highest BCUT2D eigenvalue weighted by atomic mass is 32.2. The zero-order valence-electron chi connectivity index (χ0n) is 12.2. The molecule has 0 spiro atoms. The number of sulfonamides is 1.